The molecule has 0 N–H and O–H groups in total. The molecule has 0 aromatic rings. The highest BCUT2D eigenvalue weighted by atomic mass is 19.4. The molecule has 12 heavy (non-hydrogen) atoms. The predicted octanol–water partition coefficient (Wildman–Crippen LogP) is 1.97. The summed E-state index contributed by atoms with van der Waals surface area (Å²) in [6.45, 7) is 0. The SMILES string of the molecule is O=[N+]([O-])/C=C/C(F)(F)C(F)(F)F. The van der Waals surface area contributed by atoms with Crippen LogP contribution in [-0.2, 0) is 0 Å². The zero-order valence-corrected chi connectivity index (χ0v) is 5.31. The van der Waals surface area contributed by atoms with Crippen molar-refractivity contribution in [2.24, 2.45) is 0 Å². The van der Waals surface area contributed by atoms with E-state index in [2.05, 4.69) is 0 Å². The van der Waals surface area contributed by atoms with Gasteiger partial charge in [-0.15, -0.1) is 0 Å². The van der Waals surface area contributed by atoms with Crippen LogP contribution in [0.15, 0.2) is 12.3 Å². The Kier molecular flexibility index (Phi) is 2.73. The third kappa shape index (κ3) is 2.81. The monoisotopic (exact) mass is 191 g/mol. The molecule has 0 saturated carbocycles. The van der Waals surface area contributed by atoms with Gasteiger partial charge in [-0.1, -0.05) is 0 Å². The zero-order valence-electron chi connectivity index (χ0n) is 5.31. The largest absolute Gasteiger partial charge is 0.457 e. The van der Waals surface area contributed by atoms with Gasteiger partial charge in [0, 0.05) is 0 Å². The van der Waals surface area contributed by atoms with Gasteiger partial charge in [-0.05, 0) is 0 Å². The molecular formula is C4H2F5NO2. The summed E-state index contributed by atoms with van der Waals surface area (Å²) in [5, 5.41) is 9.39. The van der Waals surface area contributed by atoms with Crippen LogP contribution in [-0.4, -0.2) is 17.0 Å². The van der Waals surface area contributed by atoms with Crippen molar-refractivity contribution < 1.29 is 26.9 Å². The molecular weight excluding hydrogens is 189 g/mol. The number of allylic oxidation sites excluding steroid dienone is 1. The zero-order chi connectivity index (χ0) is 9.99. The lowest BCUT2D eigenvalue weighted by Crippen LogP contribution is -2.34. The maximum Gasteiger partial charge on any atom is 0.457 e. The molecule has 0 aliphatic carbocycles. The molecule has 0 atom stereocenters. The fourth-order valence-corrected chi connectivity index (χ4v) is 0.249. The second-order valence-corrected chi connectivity index (χ2v) is 1.72. The molecule has 0 bridgehead atoms. The molecule has 0 spiro atoms. The third-order valence-electron chi connectivity index (χ3n) is 0.784. The Labute approximate surface area is 62.6 Å². The summed E-state index contributed by atoms with van der Waals surface area (Å²) in [5.41, 5.74) is 0. The molecule has 0 radical (unpaired) electrons. The van der Waals surface area contributed by atoms with Crippen molar-refractivity contribution in [1.29, 1.82) is 0 Å². The second-order valence-electron chi connectivity index (χ2n) is 1.72. The summed E-state index contributed by atoms with van der Waals surface area (Å²) in [6.07, 6.45) is -7.06. The van der Waals surface area contributed by atoms with Crippen LogP contribution in [0.1, 0.15) is 0 Å². The minimum atomic E-state index is -5.79. The van der Waals surface area contributed by atoms with Crippen LogP contribution in [0.5, 0.6) is 0 Å². The minimum Gasteiger partial charge on any atom is -0.259 e. The first-order valence-corrected chi connectivity index (χ1v) is 2.44. The van der Waals surface area contributed by atoms with Gasteiger partial charge < -0.3 is 0 Å². The number of nitro groups is 1. The van der Waals surface area contributed by atoms with Crippen molar-refractivity contribution in [1.82, 2.24) is 0 Å². The van der Waals surface area contributed by atoms with Gasteiger partial charge in [0.25, 0.3) is 0 Å². The molecule has 0 heterocycles. The summed E-state index contributed by atoms with van der Waals surface area (Å²) >= 11 is 0. The first-order chi connectivity index (χ1) is 5.17. The Bertz CT molecular complexity index is 208. The Hall–Kier alpha value is -1.21. The standard InChI is InChI=1S/C4H2F5NO2/c5-3(6,4(7,8)9)1-2-10(11)12/h1-2H/b2-1+. The lowest BCUT2D eigenvalue weighted by molar-refractivity contribution is -0.404. The molecule has 0 fully saturated rings. The average Bonchev–Trinajstić information content (AvgIpc) is 1.81. The van der Waals surface area contributed by atoms with E-state index in [1.54, 1.807) is 0 Å². The number of hydrogen-bond donors (Lipinski definition) is 0. The maximum absolute atomic E-state index is 11.8. The van der Waals surface area contributed by atoms with Crippen LogP contribution in [0.2, 0.25) is 0 Å². The van der Waals surface area contributed by atoms with Gasteiger partial charge in [0.2, 0.25) is 6.20 Å². The van der Waals surface area contributed by atoms with Crippen molar-refractivity contribution in [3.63, 3.8) is 0 Å². The minimum absolute atomic E-state index is 0.451. The number of rotatable bonds is 2. The molecule has 0 rings (SSSR count). The summed E-state index contributed by atoms with van der Waals surface area (Å²) < 4.78 is 57.3. The Morgan fingerprint density at radius 1 is 1.17 bits per heavy atom. The van der Waals surface area contributed by atoms with Crippen LogP contribution in [0.4, 0.5) is 22.0 Å². The Balaban J connectivity index is 4.54. The fourth-order valence-electron chi connectivity index (χ4n) is 0.249. The predicted molar refractivity (Wildman–Crippen MR) is 27.1 cm³/mol. The number of halogens is 5. The van der Waals surface area contributed by atoms with E-state index in [0.29, 0.717) is 0 Å². The molecule has 0 aliphatic rings. The molecule has 0 unspecified atom stereocenters. The Morgan fingerprint density at radius 3 is 1.83 bits per heavy atom. The average molecular weight is 191 g/mol. The first kappa shape index (κ1) is 10.8. The quantitative estimate of drug-likeness (QED) is 0.380. The number of nitrogens with zero attached hydrogens (tertiary/aromatic N) is 1. The highest BCUT2D eigenvalue weighted by Crippen LogP contribution is 2.36. The molecule has 0 aliphatic heterocycles. The molecule has 0 amide bonds. The maximum atomic E-state index is 11.8. The lowest BCUT2D eigenvalue weighted by atomic mass is 10.3. The van der Waals surface area contributed by atoms with Gasteiger partial charge in [0.05, 0.1) is 11.0 Å². The normalized spacial score (nSPS) is 13.8. The molecule has 70 valence electrons. The molecule has 0 saturated heterocycles. The van der Waals surface area contributed by atoms with Gasteiger partial charge in [-0.3, -0.25) is 10.1 Å². The van der Waals surface area contributed by atoms with Crippen LogP contribution in [0.25, 0.3) is 0 Å². The van der Waals surface area contributed by atoms with Gasteiger partial charge >= 0.3 is 12.1 Å². The van der Waals surface area contributed by atoms with Gasteiger partial charge in [0.1, 0.15) is 0 Å². The van der Waals surface area contributed by atoms with E-state index in [1.165, 1.54) is 0 Å². The van der Waals surface area contributed by atoms with Crippen LogP contribution >= 0.6 is 0 Å². The van der Waals surface area contributed by atoms with Crippen molar-refractivity contribution in [2.45, 2.75) is 12.1 Å². The van der Waals surface area contributed by atoms with E-state index < -0.39 is 29.3 Å². The summed E-state index contributed by atoms with van der Waals surface area (Å²) in [4.78, 5) is 7.99. The van der Waals surface area contributed by atoms with Crippen LogP contribution in [0, 0.1) is 10.1 Å². The van der Waals surface area contributed by atoms with Crippen molar-refractivity contribution in [2.75, 3.05) is 0 Å². The summed E-state index contributed by atoms with van der Waals surface area (Å²) in [5.74, 6) is -5.15. The lowest BCUT2D eigenvalue weighted by Gasteiger charge is -2.13. The van der Waals surface area contributed by atoms with E-state index >= 15 is 0 Å². The fraction of sp³-hybridized carbons (Fsp3) is 0.500. The molecule has 8 heteroatoms. The highest BCUT2D eigenvalue weighted by molar-refractivity contribution is 4.95. The molecule has 3 nitrogen and oxygen atoms in total. The Morgan fingerprint density at radius 2 is 1.58 bits per heavy atom. The smallest absolute Gasteiger partial charge is 0.259 e. The van der Waals surface area contributed by atoms with Crippen LogP contribution in [0.3, 0.4) is 0 Å². The molecule has 0 aromatic heterocycles. The first-order valence-electron chi connectivity index (χ1n) is 2.44. The number of alkyl halides is 5. The van der Waals surface area contributed by atoms with Gasteiger partial charge in [-0.25, -0.2) is 0 Å². The second kappa shape index (κ2) is 3.03. The van der Waals surface area contributed by atoms with Gasteiger partial charge in [-0.2, -0.15) is 22.0 Å². The van der Waals surface area contributed by atoms with E-state index in [0.717, 1.165) is 0 Å². The van der Waals surface area contributed by atoms with E-state index in [4.69, 9.17) is 0 Å². The van der Waals surface area contributed by atoms with Crippen molar-refractivity contribution >= 4 is 0 Å². The summed E-state index contributed by atoms with van der Waals surface area (Å²) in [7, 11) is 0. The van der Waals surface area contributed by atoms with Gasteiger partial charge in [0.15, 0.2) is 0 Å². The summed E-state index contributed by atoms with van der Waals surface area (Å²) in [6, 6.07) is 0. The van der Waals surface area contributed by atoms with E-state index in [9.17, 15) is 32.1 Å². The highest BCUT2D eigenvalue weighted by Gasteiger charge is 2.56. The molecule has 0 aromatic carbocycles. The van der Waals surface area contributed by atoms with E-state index in [1.807, 2.05) is 0 Å². The number of hydrogen-bond acceptors (Lipinski definition) is 2. The third-order valence-corrected chi connectivity index (χ3v) is 0.784. The van der Waals surface area contributed by atoms with Crippen molar-refractivity contribution in [3.05, 3.63) is 22.4 Å². The topological polar surface area (TPSA) is 43.1 Å². The van der Waals surface area contributed by atoms with Crippen LogP contribution < -0.4 is 0 Å². The van der Waals surface area contributed by atoms with Crippen molar-refractivity contribution in [3.8, 4) is 0 Å². The van der Waals surface area contributed by atoms with E-state index in [-0.39, 0.29) is 0 Å².